The number of piperidine rings is 1. The van der Waals surface area contributed by atoms with Gasteiger partial charge in [-0.25, -0.2) is 17.5 Å². The van der Waals surface area contributed by atoms with Crippen LogP contribution in [0.25, 0.3) is 0 Å². The Hall–Kier alpha value is -1.22. The molecule has 1 aromatic carbocycles. The maximum absolute atomic E-state index is 14.5. The molecule has 8 heteroatoms. The summed E-state index contributed by atoms with van der Waals surface area (Å²) < 4.78 is 54.0. The van der Waals surface area contributed by atoms with Gasteiger partial charge in [0.1, 0.15) is 11.6 Å². The zero-order chi connectivity index (χ0) is 21.8. The van der Waals surface area contributed by atoms with Crippen LogP contribution in [0, 0.1) is 5.82 Å². The predicted octanol–water partition coefficient (Wildman–Crippen LogP) is 3.47. The number of nitrogens with one attached hydrogen (secondary N) is 2. The van der Waals surface area contributed by atoms with Crippen molar-refractivity contribution in [3.8, 4) is 5.75 Å². The van der Waals surface area contributed by atoms with Crippen molar-refractivity contribution in [1.29, 1.82) is 0 Å². The van der Waals surface area contributed by atoms with Crippen molar-refractivity contribution in [1.82, 2.24) is 10.0 Å². The molecule has 0 aromatic heterocycles. The maximum Gasteiger partial charge on any atom is 0.214 e. The smallest absolute Gasteiger partial charge is 0.214 e. The van der Waals surface area contributed by atoms with Crippen LogP contribution >= 0.6 is 0 Å². The molecule has 2 N–H and O–H groups in total. The Kier molecular flexibility index (Phi) is 7.52. The number of rotatable bonds is 9. The van der Waals surface area contributed by atoms with E-state index >= 15 is 0 Å². The molecule has 1 aromatic rings. The Bertz CT molecular complexity index is 838. The van der Waals surface area contributed by atoms with E-state index in [0.717, 1.165) is 57.9 Å². The van der Waals surface area contributed by atoms with Crippen LogP contribution in [0.5, 0.6) is 5.75 Å². The SMILES string of the molecule is CCOc1cccc(F)c1C1CCC(OC[C@@H]2NCCC[C@@H]2NS(=O)(=O)C2CC2)CC1. The first kappa shape index (κ1) is 23.0. The Morgan fingerprint density at radius 1 is 1.13 bits per heavy atom. The molecular formula is C23H35FN2O4S. The molecule has 0 spiro atoms. The van der Waals surface area contributed by atoms with E-state index in [1.165, 1.54) is 6.07 Å². The van der Waals surface area contributed by atoms with E-state index in [4.69, 9.17) is 9.47 Å². The summed E-state index contributed by atoms with van der Waals surface area (Å²) in [6, 6.07) is 4.95. The third-order valence-electron chi connectivity index (χ3n) is 6.77. The fourth-order valence-electron chi connectivity index (χ4n) is 4.91. The quantitative estimate of drug-likeness (QED) is 0.598. The lowest BCUT2D eigenvalue weighted by Crippen LogP contribution is -2.56. The number of hydrogen-bond donors (Lipinski definition) is 2. The topological polar surface area (TPSA) is 76.7 Å². The highest BCUT2D eigenvalue weighted by Crippen LogP contribution is 2.40. The number of halogens is 1. The molecule has 0 bridgehead atoms. The Balaban J connectivity index is 1.29. The third-order valence-corrected chi connectivity index (χ3v) is 8.75. The molecule has 2 saturated carbocycles. The minimum absolute atomic E-state index is 0.00359. The van der Waals surface area contributed by atoms with E-state index < -0.39 is 10.0 Å². The van der Waals surface area contributed by atoms with Crippen LogP contribution in [0.3, 0.4) is 0 Å². The van der Waals surface area contributed by atoms with E-state index in [2.05, 4.69) is 10.0 Å². The average Bonchev–Trinajstić information content (AvgIpc) is 3.60. The number of ether oxygens (including phenoxy) is 2. The van der Waals surface area contributed by atoms with Gasteiger partial charge in [-0.1, -0.05) is 6.07 Å². The van der Waals surface area contributed by atoms with Crippen LogP contribution in [0.1, 0.15) is 69.8 Å². The summed E-state index contributed by atoms with van der Waals surface area (Å²) in [5.74, 6) is 0.616. The molecule has 3 fully saturated rings. The Morgan fingerprint density at radius 3 is 2.61 bits per heavy atom. The summed E-state index contributed by atoms with van der Waals surface area (Å²) >= 11 is 0. The van der Waals surface area contributed by atoms with Crippen LogP contribution in [0.4, 0.5) is 4.39 Å². The van der Waals surface area contributed by atoms with Gasteiger partial charge in [0.15, 0.2) is 0 Å². The van der Waals surface area contributed by atoms with Crippen molar-refractivity contribution in [3.05, 3.63) is 29.6 Å². The first-order valence-electron chi connectivity index (χ1n) is 11.7. The highest BCUT2D eigenvalue weighted by molar-refractivity contribution is 7.90. The molecule has 1 saturated heterocycles. The highest BCUT2D eigenvalue weighted by atomic mass is 32.2. The lowest BCUT2D eigenvalue weighted by molar-refractivity contribution is 0.00491. The van der Waals surface area contributed by atoms with E-state index in [0.29, 0.717) is 24.5 Å². The van der Waals surface area contributed by atoms with Crippen molar-refractivity contribution < 1.29 is 22.3 Å². The van der Waals surface area contributed by atoms with E-state index in [-0.39, 0.29) is 35.2 Å². The van der Waals surface area contributed by atoms with Gasteiger partial charge in [0.25, 0.3) is 0 Å². The van der Waals surface area contributed by atoms with E-state index in [9.17, 15) is 12.8 Å². The van der Waals surface area contributed by atoms with Crippen molar-refractivity contribution in [2.24, 2.45) is 0 Å². The molecule has 1 aliphatic heterocycles. The van der Waals surface area contributed by atoms with Gasteiger partial charge in [-0.2, -0.15) is 0 Å². The summed E-state index contributed by atoms with van der Waals surface area (Å²) in [4.78, 5) is 0. The molecule has 3 aliphatic rings. The van der Waals surface area contributed by atoms with Crippen molar-refractivity contribution in [2.45, 2.75) is 87.6 Å². The van der Waals surface area contributed by atoms with E-state index in [1.54, 1.807) is 6.07 Å². The highest BCUT2D eigenvalue weighted by Gasteiger charge is 2.39. The van der Waals surface area contributed by atoms with Gasteiger partial charge in [-0.05, 0) is 82.9 Å². The van der Waals surface area contributed by atoms with Gasteiger partial charge in [0.05, 0.1) is 24.6 Å². The molecule has 2 aliphatic carbocycles. The minimum atomic E-state index is -3.21. The van der Waals surface area contributed by atoms with Crippen LogP contribution in [0.2, 0.25) is 0 Å². The zero-order valence-electron chi connectivity index (χ0n) is 18.3. The van der Waals surface area contributed by atoms with Gasteiger partial charge in [0, 0.05) is 17.6 Å². The van der Waals surface area contributed by atoms with Gasteiger partial charge in [-0.3, -0.25) is 0 Å². The second-order valence-electron chi connectivity index (χ2n) is 9.06. The van der Waals surface area contributed by atoms with Crippen molar-refractivity contribution in [3.63, 3.8) is 0 Å². The average molecular weight is 455 g/mol. The number of hydrogen-bond acceptors (Lipinski definition) is 5. The summed E-state index contributed by atoms with van der Waals surface area (Å²) in [7, 11) is -3.21. The maximum atomic E-state index is 14.5. The Morgan fingerprint density at radius 2 is 1.90 bits per heavy atom. The standard InChI is InChI=1S/C23H35FN2O4S/c1-2-29-22-7-3-5-19(24)23(22)16-8-10-17(11-9-16)30-15-21-20(6-4-14-25-21)26-31(27,28)18-12-13-18/h3,5,7,16-18,20-21,25-26H,2,4,6,8-15H2,1H3/t16?,17?,20-,21-/m0/s1. The molecule has 31 heavy (non-hydrogen) atoms. The molecule has 0 radical (unpaired) electrons. The van der Waals surface area contributed by atoms with E-state index in [1.807, 2.05) is 13.0 Å². The molecule has 6 nitrogen and oxygen atoms in total. The van der Waals surface area contributed by atoms with Crippen LogP contribution in [-0.4, -0.2) is 51.6 Å². The second-order valence-corrected chi connectivity index (χ2v) is 11.1. The van der Waals surface area contributed by atoms with Gasteiger partial charge >= 0.3 is 0 Å². The molecule has 174 valence electrons. The number of sulfonamides is 1. The zero-order valence-corrected chi connectivity index (χ0v) is 19.1. The van der Waals surface area contributed by atoms with Crippen molar-refractivity contribution in [2.75, 3.05) is 19.8 Å². The molecule has 0 unspecified atom stereocenters. The first-order valence-corrected chi connectivity index (χ1v) is 13.3. The Labute approximate surface area is 185 Å². The summed E-state index contributed by atoms with van der Waals surface area (Å²) in [5.41, 5.74) is 0.700. The summed E-state index contributed by atoms with van der Waals surface area (Å²) in [6.07, 6.45) is 6.94. The summed E-state index contributed by atoms with van der Waals surface area (Å²) in [6.45, 7) is 3.82. The molecular weight excluding hydrogens is 419 g/mol. The fraction of sp³-hybridized carbons (Fsp3) is 0.739. The van der Waals surface area contributed by atoms with Gasteiger partial charge in [0.2, 0.25) is 10.0 Å². The van der Waals surface area contributed by atoms with Crippen LogP contribution in [0.15, 0.2) is 18.2 Å². The molecule has 1 heterocycles. The minimum Gasteiger partial charge on any atom is -0.493 e. The van der Waals surface area contributed by atoms with Crippen LogP contribution in [-0.2, 0) is 14.8 Å². The normalized spacial score (nSPS) is 29.6. The molecule has 2 atom stereocenters. The molecule has 4 rings (SSSR count). The third kappa shape index (κ3) is 5.78. The largest absolute Gasteiger partial charge is 0.493 e. The van der Waals surface area contributed by atoms with Crippen molar-refractivity contribution >= 4 is 10.0 Å². The first-order chi connectivity index (χ1) is 15.0. The van der Waals surface area contributed by atoms with Gasteiger partial charge < -0.3 is 14.8 Å². The second kappa shape index (κ2) is 10.1. The summed E-state index contributed by atoms with van der Waals surface area (Å²) in [5, 5.41) is 3.23. The predicted molar refractivity (Wildman–Crippen MR) is 118 cm³/mol. The lowest BCUT2D eigenvalue weighted by Gasteiger charge is -2.35. The lowest BCUT2D eigenvalue weighted by atomic mass is 9.82. The number of benzene rings is 1. The monoisotopic (exact) mass is 454 g/mol. The fourth-order valence-corrected chi connectivity index (χ4v) is 6.56. The van der Waals surface area contributed by atoms with Gasteiger partial charge in [-0.15, -0.1) is 0 Å². The molecule has 0 amide bonds. The van der Waals surface area contributed by atoms with Crippen LogP contribution < -0.4 is 14.8 Å².